The fourth-order valence-electron chi connectivity index (χ4n) is 3.58. The quantitative estimate of drug-likeness (QED) is 0.791. The molecule has 2 aromatic rings. The molecule has 1 N–H and O–H groups in total. The Morgan fingerprint density at radius 1 is 1.08 bits per heavy atom. The number of aromatic hydroxyl groups is 1. The second-order valence-corrected chi connectivity index (χ2v) is 7.29. The molecule has 0 fully saturated rings. The Bertz CT molecular complexity index is 809. The smallest absolute Gasteiger partial charge is 0.162 e. The fraction of sp³-hybridized carbons (Fsp3) is 0.400. The normalized spacial score (nSPS) is 16.9. The molecule has 0 aromatic heterocycles. The summed E-state index contributed by atoms with van der Waals surface area (Å²) in [6, 6.07) is 7.84. The molecule has 0 saturated heterocycles. The minimum absolute atomic E-state index is 0.0447. The first-order valence-corrected chi connectivity index (χ1v) is 9.28. The van der Waals surface area contributed by atoms with Crippen molar-refractivity contribution in [3.05, 3.63) is 45.4 Å². The summed E-state index contributed by atoms with van der Waals surface area (Å²) in [7, 11) is 6.92. The lowest BCUT2D eigenvalue weighted by Gasteiger charge is -2.35. The predicted octanol–water partition coefficient (Wildman–Crippen LogP) is 3.95. The zero-order valence-corrected chi connectivity index (χ0v) is 17.1. The molecule has 1 unspecified atom stereocenters. The molecular formula is C20H24BrNO4. The summed E-state index contributed by atoms with van der Waals surface area (Å²) < 4.78 is 17.1. The van der Waals surface area contributed by atoms with Gasteiger partial charge < -0.3 is 19.3 Å². The summed E-state index contributed by atoms with van der Waals surface area (Å²) >= 11 is 3.64. The van der Waals surface area contributed by atoms with Crippen molar-refractivity contribution in [2.24, 2.45) is 0 Å². The predicted molar refractivity (Wildman–Crippen MR) is 105 cm³/mol. The van der Waals surface area contributed by atoms with E-state index in [9.17, 15) is 5.11 Å². The maximum atomic E-state index is 10.7. The highest BCUT2D eigenvalue weighted by Gasteiger charge is 2.30. The SMILES string of the molecule is COc1cc(Br)c(CC2c3c(ccc(OC)c3O)CCN2C)cc1OC. The molecule has 2 aromatic carbocycles. The number of methoxy groups -OCH3 is 3. The number of likely N-dealkylation sites (N-methyl/N-ethyl adjacent to an activating group) is 1. The van der Waals surface area contributed by atoms with Crippen molar-refractivity contribution >= 4 is 15.9 Å². The number of halogens is 1. The van der Waals surface area contributed by atoms with E-state index in [0.29, 0.717) is 17.2 Å². The molecule has 0 spiro atoms. The zero-order chi connectivity index (χ0) is 18.8. The van der Waals surface area contributed by atoms with Gasteiger partial charge in [-0.05, 0) is 49.2 Å². The Kier molecular flexibility index (Phi) is 5.63. The van der Waals surface area contributed by atoms with Crippen molar-refractivity contribution in [1.82, 2.24) is 4.90 Å². The minimum Gasteiger partial charge on any atom is -0.504 e. The standard InChI is InChI=1S/C20H24BrNO4/c1-22-8-7-12-5-6-16(24-2)20(23)19(12)15(22)9-13-10-17(25-3)18(26-4)11-14(13)21/h5-6,10-11,15,23H,7-9H2,1-4H3. The monoisotopic (exact) mass is 421 g/mol. The largest absolute Gasteiger partial charge is 0.504 e. The molecule has 5 nitrogen and oxygen atoms in total. The van der Waals surface area contributed by atoms with Crippen molar-refractivity contribution in [2.45, 2.75) is 18.9 Å². The molecular weight excluding hydrogens is 398 g/mol. The van der Waals surface area contributed by atoms with Crippen molar-refractivity contribution < 1.29 is 19.3 Å². The maximum Gasteiger partial charge on any atom is 0.162 e. The highest BCUT2D eigenvalue weighted by atomic mass is 79.9. The lowest BCUT2D eigenvalue weighted by atomic mass is 9.88. The van der Waals surface area contributed by atoms with E-state index in [1.807, 2.05) is 18.2 Å². The number of hydrogen-bond acceptors (Lipinski definition) is 5. The van der Waals surface area contributed by atoms with Gasteiger partial charge in [0, 0.05) is 22.6 Å². The number of nitrogens with zero attached hydrogens (tertiary/aromatic N) is 1. The van der Waals surface area contributed by atoms with Gasteiger partial charge in [-0.2, -0.15) is 0 Å². The van der Waals surface area contributed by atoms with Crippen LogP contribution in [0, 0.1) is 0 Å². The second kappa shape index (κ2) is 7.76. The fourth-order valence-corrected chi connectivity index (χ4v) is 4.06. The lowest BCUT2D eigenvalue weighted by Crippen LogP contribution is -2.33. The Hall–Kier alpha value is -1.92. The highest BCUT2D eigenvalue weighted by Crippen LogP contribution is 2.44. The van der Waals surface area contributed by atoms with Crippen molar-refractivity contribution in [3.8, 4) is 23.0 Å². The van der Waals surface area contributed by atoms with Gasteiger partial charge in [0.2, 0.25) is 0 Å². The van der Waals surface area contributed by atoms with Crippen LogP contribution in [-0.4, -0.2) is 44.9 Å². The first kappa shape index (κ1) is 18.9. The lowest BCUT2D eigenvalue weighted by molar-refractivity contribution is 0.221. The average Bonchev–Trinajstić information content (AvgIpc) is 2.65. The van der Waals surface area contributed by atoms with Gasteiger partial charge in [-0.25, -0.2) is 0 Å². The van der Waals surface area contributed by atoms with Gasteiger partial charge in [0.05, 0.1) is 21.3 Å². The molecule has 0 amide bonds. The highest BCUT2D eigenvalue weighted by molar-refractivity contribution is 9.10. The average molecular weight is 422 g/mol. The number of phenols is 1. The van der Waals surface area contributed by atoms with Crippen molar-refractivity contribution in [1.29, 1.82) is 0 Å². The summed E-state index contributed by atoms with van der Waals surface area (Å²) in [6.07, 6.45) is 1.64. The second-order valence-electron chi connectivity index (χ2n) is 6.44. The van der Waals surface area contributed by atoms with Gasteiger partial charge in [-0.15, -0.1) is 0 Å². The molecule has 0 aliphatic carbocycles. The third-order valence-corrected chi connectivity index (χ3v) is 5.79. The summed E-state index contributed by atoms with van der Waals surface area (Å²) in [5, 5.41) is 10.7. The van der Waals surface area contributed by atoms with E-state index in [1.165, 1.54) is 5.56 Å². The van der Waals surface area contributed by atoms with Crippen LogP contribution in [0.2, 0.25) is 0 Å². The van der Waals surface area contributed by atoms with Gasteiger partial charge in [-0.1, -0.05) is 22.0 Å². The van der Waals surface area contributed by atoms with E-state index in [-0.39, 0.29) is 11.8 Å². The van der Waals surface area contributed by atoms with Crippen LogP contribution in [0.25, 0.3) is 0 Å². The van der Waals surface area contributed by atoms with Gasteiger partial charge in [0.15, 0.2) is 23.0 Å². The van der Waals surface area contributed by atoms with E-state index in [0.717, 1.165) is 35.0 Å². The van der Waals surface area contributed by atoms with Gasteiger partial charge >= 0.3 is 0 Å². The van der Waals surface area contributed by atoms with Crippen LogP contribution in [0.4, 0.5) is 0 Å². The summed E-state index contributed by atoms with van der Waals surface area (Å²) in [5.41, 5.74) is 3.21. The van der Waals surface area contributed by atoms with E-state index in [2.05, 4.69) is 33.9 Å². The maximum absolute atomic E-state index is 10.7. The molecule has 1 aliphatic heterocycles. The van der Waals surface area contributed by atoms with Gasteiger partial charge in [-0.3, -0.25) is 4.90 Å². The Morgan fingerprint density at radius 3 is 2.38 bits per heavy atom. The summed E-state index contributed by atoms with van der Waals surface area (Å²) in [4.78, 5) is 2.27. The first-order valence-electron chi connectivity index (χ1n) is 8.49. The Morgan fingerprint density at radius 2 is 1.73 bits per heavy atom. The molecule has 140 valence electrons. The molecule has 0 bridgehead atoms. The van der Waals surface area contributed by atoms with Gasteiger partial charge in [0.1, 0.15) is 0 Å². The van der Waals surface area contributed by atoms with E-state index in [1.54, 1.807) is 21.3 Å². The first-order chi connectivity index (χ1) is 12.5. The van der Waals surface area contributed by atoms with E-state index in [4.69, 9.17) is 14.2 Å². The molecule has 1 atom stereocenters. The van der Waals surface area contributed by atoms with Crippen LogP contribution >= 0.6 is 15.9 Å². The van der Waals surface area contributed by atoms with Crippen LogP contribution < -0.4 is 14.2 Å². The molecule has 1 aliphatic rings. The Labute approximate surface area is 162 Å². The van der Waals surface area contributed by atoms with E-state index < -0.39 is 0 Å². The molecule has 26 heavy (non-hydrogen) atoms. The van der Waals surface area contributed by atoms with E-state index >= 15 is 0 Å². The number of benzene rings is 2. The molecule has 3 rings (SSSR count). The van der Waals surface area contributed by atoms with Crippen molar-refractivity contribution in [3.63, 3.8) is 0 Å². The molecule has 1 heterocycles. The van der Waals surface area contributed by atoms with Crippen molar-refractivity contribution in [2.75, 3.05) is 34.9 Å². The number of fused-ring (bicyclic) bond motifs is 1. The van der Waals surface area contributed by atoms with Gasteiger partial charge in [0.25, 0.3) is 0 Å². The number of rotatable bonds is 5. The molecule has 0 radical (unpaired) electrons. The number of phenolic OH excluding ortho intramolecular Hbond substituents is 1. The Balaban J connectivity index is 2.04. The summed E-state index contributed by atoms with van der Waals surface area (Å²) in [6.45, 7) is 0.939. The number of ether oxygens (including phenoxy) is 3. The van der Waals surface area contributed by atoms with Crippen LogP contribution in [0.5, 0.6) is 23.0 Å². The zero-order valence-electron chi connectivity index (χ0n) is 15.5. The van der Waals surface area contributed by atoms with Crippen LogP contribution in [0.1, 0.15) is 22.7 Å². The number of hydrogen-bond donors (Lipinski definition) is 1. The minimum atomic E-state index is 0.0447. The summed E-state index contributed by atoms with van der Waals surface area (Å²) in [5.74, 6) is 2.12. The molecule has 0 saturated carbocycles. The topological polar surface area (TPSA) is 51.2 Å². The third kappa shape index (κ3) is 3.35. The van der Waals surface area contributed by atoms with Crippen LogP contribution in [0.3, 0.4) is 0 Å². The molecule has 6 heteroatoms. The van der Waals surface area contributed by atoms with Crippen LogP contribution in [0.15, 0.2) is 28.7 Å². The third-order valence-electron chi connectivity index (χ3n) is 5.06. The van der Waals surface area contributed by atoms with Crippen LogP contribution in [-0.2, 0) is 12.8 Å².